The molecule has 1 saturated heterocycles. The maximum atomic E-state index is 12.5. The van der Waals surface area contributed by atoms with Crippen molar-refractivity contribution in [1.29, 1.82) is 0 Å². The van der Waals surface area contributed by atoms with Gasteiger partial charge < -0.3 is 14.8 Å². The Bertz CT molecular complexity index is 889. The summed E-state index contributed by atoms with van der Waals surface area (Å²) in [5.41, 5.74) is 1.80. The number of hydrogen-bond acceptors (Lipinski definition) is 3. The molecule has 6 nitrogen and oxygen atoms in total. The highest BCUT2D eigenvalue weighted by molar-refractivity contribution is 9.10. The van der Waals surface area contributed by atoms with Crippen LogP contribution in [0.25, 0.3) is 0 Å². The van der Waals surface area contributed by atoms with Gasteiger partial charge in [0.1, 0.15) is 5.69 Å². The SMILES string of the molecule is Cc1ccc(N2C[C@H](C(=O)Nc3cn(C)cc(Br)c3=O)CC2=O)cc1. The van der Waals surface area contributed by atoms with Gasteiger partial charge in [0.2, 0.25) is 17.2 Å². The summed E-state index contributed by atoms with van der Waals surface area (Å²) in [5, 5.41) is 2.65. The normalized spacial score (nSPS) is 17.0. The molecule has 0 unspecified atom stereocenters. The molecule has 0 spiro atoms. The average molecular weight is 404 g/mol. The minimum absolute atomic E-state index is 0.0915. The Morgan fingerprint density at radius 3 is 2.56 bits per heavy atom. The van der Waals surface area contributed by atoms with E-state index in [4.69, 9.17) is 0 Å². The molecule has 1 N–H and O–H groups in total. The predicted molar refractivity (Wildman–Crippen MR) is 99.7 cm³/mol. The number of nitrogens with one attached hydrogen (secondary N) is 1. The predicted octanol–water partition coefficient (Wildman–Crippen LogP) is 2.45. The average Bonchev–Trinajstić information content (AvgIpc) is 2.95. The first-order valence-electron chi connectivity index (χ1n) is 7.89. The third kappa shape index (κ3) is 3.66. The van der Waals surface area contributed by atoms with Gasteiger partial charge in [0.05, 0.1) is 10.4 Å². The monoisotopic (exact) mass is 403 g/mol. The molecule has 0 saturated carbocycles. The van der Waals surface area contributed by atoms with Crippen LogP contribution >= 0.6 is 15.9 Å². The van der Waals surface area contributed by atoms with Gasteiger partial charge in [0, 0.05) is 38.1 Å². The summed E-state index contributed by atoms with van der Waals surface area (Å²) in [7, 11) is 1.76. The zero-order valence-electron chi connectivity index (χ0n) is 14.0. The van der Waals surface area contributed by atoms with Crippen LogP contribution in [0.3, 0.4) is 0 Å². The molecule has 0 radical (unpaired) electrons. The van der Waals surface area contributed by atoms with Crippen molar-refractivity contribution in [2.45, 2.75) is 13.3 Å². The Labute approximate surface area is 153 Å². The number of carbonyl (C=O) groups is 2. The van der Waals surface area contributed by atoms with E-state index in [1.165, 1.54) is 0 Å². The van der Waals surface area contributed by atoms with Crippen LogP contribution in [0.4, 0.5) is 11.4 Å². The second kappa shape index (κ2) is 6.84. The van der Waals surface area contributed by atoms with E-state index in [-0.39, 0.29) is 29.4 Å². The number of aromatic nitrogens is 1. The van der Waals surface area contributed by atoms with Crippen LogP contribution in [0.5, 0.6) is 0 Å². The molecular weight excluding hydrogens is 386 g/mol. The molecule has 2 heterocycles. The Hall–Kier alpha value is -2.41. The zero-order chi connectivity index (χ0) is 18.1. The lowest BCUT2D eigenvalue weighted by atomic mass is 10.1. The molecule has 0 aliphatic carbocycles. The molecule has 1 fully saturated rings. The van der Waals surface area contributed by atoms with Crippen molar-refractivity contribution in [1.82, 2.24) is 4.57 Å². The summed E-state index contributed by atoms with van der Waals surface area (Å²) in [5.74, 6) is -0.901. The van der Waals surface area contributed by atoms with E-state index in [0.717, 1.165) is 11.3 Å². The van der Waals surface area contributed by atoms with E-state index in [2.05, 4.69) is 21.2 Å². The van der Waals surface area contributed by atoms with Gasteiger partial charge in [0.25, 0.3) is 0 Å². The van der Waals surface area contributed by atoms with E-state index < -0.39 is 5.92 Å². The van der Waals surface area contributed by atoms with Crippen LogP contribution in [0.15, 0.2) is 45.9 Å². The van der Waals surface area contributed by atoms with E-state index in [0.29, 0.717) is 11.0 Å². The molecule has 2 amide bonds. The van der Waals surface area contributed by atoms with Crippen molar-refractivity contribution < 1.29 is 9.59 Å². The third-order valence-corrected chi connectivity index (χ3v) is 4.78. The number of halogens is 1. The number of pyridine rings is 1. The molecule has 1 aliphatic rings. The lowest BCUT2D eigenvalue weighted by Gasteiger charge is -2.17. The van der Waals surface area contributed by atoms with Gasteiger partial charge in [-0.1, -0.05) is 17.7 Å². The van der Waals surface area contributed by atoms with Crippen LogP contribution in [-0.4, -0.2) is 22.9 Å². The van der Waals surface area contributed by atoms with Gasteiger partial charge in [-0.3, -0.25) is 14.4 Å². The standard InChI is InChI=1S/C18H18BrN3O3/c1-11-3-5-13(6-4-11)22-8-12(7-16(22)23)18(25)20-15-10-21(2)9-14(19)17(15)24/h3-6,9-10,12H,7-8H2,1-2H3,(H,20,25)/t12-/m1/s1. The lowest BCUT2D eigenvalue weighted by Crippen LogP contribution is -2.29. The van der Waals surface area contributed by atoms with Crippen molar-refractivity contribution in [3.05, 3.63) is 56.9 Å². The molecule has 25 heavy (non-hydrogen) atoms. The number of benzene rings is 1. The first kappa shape index (κ1) is 17.4. The minimum Gasteiger partial charge on any atom is -0.354 e. The number of nitrogens with zero attached hydrogens (tertiary/aromatic N) is 2. The van der Waals surface area contributed by atoms with Crippen LogP contribution in [-0.2, 0) is 16.6 Å². The highest BCUT2D eigenvalue weighted by atomic mass is 79.9. The van der Waals surface area contributed by atoms with Crippen molar-refractivity contribution in [3.63, 3.8) is 0 Å². The van der Waals surface area contributed by atoms with Crippen LogP contribution < -0.4 is 15.6 Å². The Morgan fingerprint density at radius 1 is 1.20 bits per heavy atom. The molecule has 130 valence electrons. The van der Waals surface area contributed by atoms with Crippen molar-refractivity contribution in [3.8, 4) is 0 Å². The summed E-state index contributed by atoms with van der Waals surface area (Å²) in [6.07, 6.45) is 3.31. The van der Waals surface area contributed by atoms with Gasteiger partial charge in [-0.2, -0.15) is 0 Å². The van der Waals surface area contributed by atoms with E-state index >= 15 is 0 Å². The largest absolute Gasteiger partial charge is 0.354 e. The Kier molecular flexibility index (Phi) is 4.76. The van der Waals surface area contributed by atoms with Crippen LogP contribution in [0.1, 0.15) is 12.0 Å². The first-order valence-corrected chi connectivity index (χ1v) is 8.68. The van der Waals surface area contributed by atoms with Gasteiger partial charge in [-0.15, -0.1) is 0 Å². The molecular formula is C18H18BrN3O3. The fourth-order valence-electron chi connectivity index (χ4n) is 2.85. The second-order valence-electron chi connectivity index (χ2n) is 6.24. The van der Waals surface area contributed by atoms with Gasteiger partial charge in [0.15, 0.2) is 0 Å². The summed E-state index contributed by atoms with van der Waals surface area (Å²) in [6.45, 7) is 2.28. The quantitative estimate of drug-likeness (QED) is 0.855. The van der Waals surface area contributed by atoms with E-state index in [1.54, 1.807) is 28.9 Å². The van der Waals surface area contributed by atoms with Crippen LogP contribution in [0.2, 0.25) is 0 Å². The van der Waals surface area contributed by atoms with Gasteiger partial charge in [-0.25, -0.2) is 0 Å². The highest BCUT2D eigenvalue weighted by Crippen LogP contribution is 2.26. The van der Waals surface area contributed by atoms with Crippen molar-refractivity contribution >= 4 is 39.1 Å². The zero-order valence-corrected chi connectivity index (χ0v) is 15.5. The molecule has 2 aromatic rings. The van der Waals surface area contributed by atoms with E-state index in [1.807, 2.05) is 31.2 Å². The Balaban J connectivity index is 1.75. The number of carbonyl (C=O) groups excluding carboxylic acids is 2. The third-order valence-electron chi connectivity index (χ3n) is 4.21. The minimum atomic E-state index is -0.488. The topological polar surface area (TPSA) is 71.4 Å². The fraction of sp³-hybridized carbons (Fsp3) is 0.278. The molecule has 1 aromatic heterocycles. The number of rotatable bonds is 3. The summed E-state index contributed by atoms with van der Waals surface area (Å²) < 4.78 is 2.05. The second-order valence-corrected chi connectivity index (χ2v) is 7.10. The summed E-state index contributed by atoms with van der Waals surface area (Å²) in [4.78, 5) is 38.5. The summed E-state index contributed by atoms with van der Waals surface area (Å²) in [6, 6.07) is 7.61. The highest BCUT2D eigenvalue weighted by Gasteiger charge is 2.35. The van der Waals surface area contributed by atoms with Crippen molar-refractivity contribution in [2.24, 2.45) is 13.0 Å². The number of hydrogen-bond donors (Lipinski definition) is 1. The maximum Gasteiger partial charge on any atom is 0.229 e. The van der Waals surface area contributed by atoms with Crippen molar-refractivity contribution in [2.75, 3.05) is 16.8 Å². The fourth-order valence-corrected chi connectivity index (χ4v) is 3.38. The summed E-state index contributed by atoms with van der Waals surface area (Å²) >= 11 is 3.18. The number of aryl methyl sites for hydroxylation is 2. The molecule has 1 aromatic carbocycles. The maximum absolute atomic E-state index is 12.5. The van der Waals surface area contributed by atoms with Gasteiger partial charge >= 0.3 is 0 Å². The first-order chi connectivity index (χ1) is 11.8. The molecule has 7 heteroatoms. The van der Waals surface area contributed by atoms with Crippen LogP contribution in [0, 0.1) is 12.8 Å². The Morgan fingerprint density at radius 2 is 1.88 bits per heavy atom. The number of amides is 2. The molecule has 1 aliphatic heterocycles. The van der Waals surface area contributed by atoms with Gasteiger partial charge in [-0.05, 0) is 35.0 Å². The molecule has 3 rings (SSSR count). The molecule has 0 bridgehead atoms. The number of anilines is 2. The molecule has 1 atom stereocenters. The smallest absolute Gasteiger partial charge is 0.229 e. The van der Waals surface area contributed by atoms with E-state index in [9.17, 15) is 14.4 Å². The lowest BCUT2D eigenvalue weighted by molar-refractivity contribution is -0.122.